The molecule has 6 heteroatoms. The first-order valence-corrected chi connectivity index (χ1v) is 8.54. The molecule has 104 valence electrons. The molecule has 2 aliphatic rings. The fourth-order valence-electron chi connectivity index (χ4n) is 3.09. The third-order valence-corrected chi connectivity index (χ3v) is 5.08. The molecule has 2 heterocycles. The van der Waals surface area contributed by atoms with E-state index in [0.717, 1.165) is 38.9 Å². The fourth-order valence-corrected chi connectivity index (χ4v) is 3.68. The van der Waals surface area contributed by atoms with Gasteiger partial charge in [0.1, 0.15) is 9.84 Å². The Morgan fingerprint density at radius 1 is 1.28 bits per heavy atom. The van der Waals surface area contributed by atoms with E-state index in [1.165, 1.54) is 6.26 Å². The number of sulfone groups is 1. The third-order valence-electron chi connectivity index (χ3n) is 4.16. The summed E-state index contributed by atoms with van der Waals surface area (Å²) in [6, 6.07) is 0. The summed E-state index contributed by atoms with van der Waals surface area (Å²) in [6.07, 6.45) is 4.14. The summed E-state index contributed by atoms with van der Waals surface area (Å²) in [4.78, 5) is 16.2. The van der Waals surface area contributed by atoms with Crippen molar-refractivity contribution in [1.29, 1.82) is 0 Å². The van der Waals surface area contributed by atoms with E-state index in [1.54, 1.807) is 0 Å². The van der Waals surface area contributed by atoms with Crippen LogP contribution in [0.25, 0.3) is 0 Å². The summed E-state index contributed by atoms with van der Waals surface area (Å²) in [7, 11) is -1.05. The number of piperidine rings is 1. The molecule has 0 aromatic heterocycles. The molecule has 0 aromatic rings. The topological polar surface area (TPSA) is 57.7 Å². The van der Waals surface area contributed by atoms with Crippen LogP contribution in [0.2, 0.25) is 0 Å². The molecular weight excluding hydrogens is 252 g/mol. The van der Waals surface area contributed by atoms with Crippen LogP contribution >= 0.6 is 0 Å². The molecular formula is C12H22N2O3S. The molecule has 0 radical (unpaired) electrons. The average Bonchev–Trinajstić information content (AvgIpc) is 2.67. The molecule has 1 spiro atoms. The zero-order valence-corrected chi connectivity index (χ0v) is 12.0. The highest BCUT2D eigenvalue weighted by molar-refractivity contribution is 7.90. The van der Waals surface area contributed by atoms with Gasteiger partial charge in [0.25, 0.3) is 0 Å². The van der Waals surface area contributed by atoms with Crippen molar-refractivity contribution in [1.82, 2.24) is 9.80 Å². The molecule has 0 N–H and O–H groups in total. The third kappa shape index (κ3) is 2.85. The first kappa shape index (κ1) is 13.8. The van der Waals surface area contributed by atoms with Gasteiger partial charge in [-0.05, 0) is 25.8 Å². The molecule has 1 amide bonds. The maximum Gasteiger partial charge on any atom is 0.229 e. The van der Waals surface area contributed by atoms with Gasteiger partial charge < -0.3 is 9.80 Å². The highest BCUT2D eigenvalue weighted by atomic mass is 32.2. The van der Waals surface area contributed by atoms with Crippen LogP contribution in [0.5, 0.6) is 0 Å². The van der Waals surface area contributed by atoms with Crippen molar-refractivity contribution in [2.24, 2.45) is 5.41 Å². The van der Waals surface area contributed by atoms with Gasteiger partial charge in [0.2, 0.25) is 5.91 Å². The summed E-state index contributed by atoms with van der Waals surface area (Å²) in [5.74, 6) is 0.434. The van der Waals surface area contributed by atoms with Crippen LogP contribution in [0, 0.1) is 5.41 Å². The smallest absolute Gasteiger partial charge is 0.229 e. The Kier molecular flexibility index (Phi) is 3.69. The number of nitrogens with zero attached hydrogens (tertiary/aromatic N) is 2. The van der Waals surface area contributed by atoms with Crippen molar-refractivity contribution in [3.8, 4) is 0 Å². The van der Waals surface area contributed by atoms with E-state index in [0.29, 0.717) is 6.54 Å². The standard InChI is InChI=1S/C12H22N2O3S/c1-13-6-3-4-12(11(13)15)5-7-14(10-12)8-9-18(2,16)17/h3-10H2,1-2H3/t12-/m1/s1. The van der Waals surface area contributed by atoms with E-state index in [1.807, 2.05) is 11.9 Å². The van der Waals surface area contributed by atoms with E-state index in [9.17, 15) is 13.2 Å². The highest BCUT2D eigenvalue weighted by Gasteiger charge is 2.47. The Balaban J connectivity index is 1.96. The minimum atomic E-state index is -2.92. The second kappa shape index (κ2) is 4.81. The van der Waals surface area contributed by atoms with Crippen LogP contribution in [0.4, 0.5) is 0 Å². The summed E-state index contributed by atoms with van der Waals surface area (Å²) in [6.45, 7) is 2.97. The van der Waals surface area contributed by atoms with Gasteiger partial charge in [0.15, 0.2) is 0 Å². The van der Waals surface area contributed by atoms with E-state index in [-0.39, 0.29) is 17.1 Å². The Bertz CT molecular complexity index is 435. The second-order valence-corrected chi connectivity index (χ2v) is 8.03. The number of rotatable bonds is 3. The Labute approximate surface area is 109 Å². The van der Waals surface area contributed by atoms with Crippen molar-refractivity contribution < 1.29 is 13.2 Å². The quantitative estimate of drug-likeness (QED) is 0.725. The molecule has 0 aromatic carbocycles. The molecule has 0 aliphatic carbocycles. The summed E-state index contributed by atoms with van der Waals surface area (Å²) < 4.78 is 22.3. The van der Waals surface area contributed by atoms with Gasteiger partial charge in [-0.2, -0.15) is 0 Å². The van der Waals surface area contributed by atoms with Gasteiger partial charge in [-0.3, -0.25) is 4.79 Å². The maximum absolute atomic E-state index is 12.3. The molecule has 2 aliphatic heterocycles. The largest absolute Gasteiger partial charge is 0.345 e. The number of amides is 1. The van der Waals surface area contributed by atoms with Crippen molar-refractivity contribution in [2.45, 2.75) is 19.3 Å². The second-order valence-electron chi connectivity index (χ2n) is 5.77. The number of hydrogen-bond acceptors (Lipinski definition) is 4. The normalized spacial score (nSPS) is 30.3. The molecule has 1 atom stereocenters. The number of carbonyl (C=O) groups excluding carboxylic acids is 1. The predicted octanol–water partition coefficient (Wildman–Crippen LogP) is -0.0247. The van der Waals surface area contributed by atoms with E-state index in [2.05, 4.69) is 4.90 Å². The molecule has 2 rings (SSSR count). The molecule has 2 saturated heterocycles. The van der Waals surface area contributed by atoms with Gasteiger partial charge in [-0.1, -0.05) is 0 Å². The zero-order chi connectivity index (χ0) is 13.4. The van der Waals surface area contributed by atoms with Crippen LogP contribution in [-0.2, 0) is 14.6 Å². The van der Waals surface area contributed by atoms with Crippen LogP contribution < -0.4 is 0 Å². The molecule has 5 nitrogen and oxygen atoms in total. The van der Waals surface area contributed by atoms with Gasteiger partial charge in [-0.15, -0.1) is 0 Å². The van der Waals surface area contributed by atoms with E-state index >= 15 is 0 Å². The SMILES string of the molecule is CN1CCC[C@]2(CCN(CCS(C)(=O)=O)C2)C1=O. The van der Waals surface area contributed by atoms with Crippen molar-refractivity contribution in [3.05, 3.63) is 0 Å². The van der Waals surface area contributed by atoms with Gasteiger partial charge in [0.05, 0.1) is 11.2 Å². The van der Waals surface area contributed by atoms with Gasteiger partial charge in [-0.25, -0.2) is 8.42 Å². The molecule has 18 heavy (non-hydrogen) atoms. The van der Waals surface area contributed by atoms with E-state index in [4.69, 9.17) is 0 Å². The summed E-state index contributed by atoms with van der Waals surface area (Å²) >= 11 is 0. The van der Waals surface area contributed by atoms with Crippen LogP contribution in [-0.4, -0.2) is 69.4 Å². The lowest BCUT2D eigenvalue weighted by Gasteiger charge is -2.37. The van der Waals surface area contributed by atoms with Crippen molar-refractivity contribution in [3.63, 3.8) is 0 Å². The first-order valence-electron chi connectivity index (χ1n) is 6.48. The van der Waals surface area contributed by atoms with Crippen LogP contribution in [0.1, 0.15) is 19.3 Å². The number of hydrogen-bond donors (Lipinski definition) is 0. The fraction of sp³-hybridized carbons (Fsp3) is 0.917. The number of carbonyl (C=O) groups is 1. The van der Waals surface area contributed by atoms with Crippen molar-refractivity contribution in [2.75, 3.05) is 45.2 Å². The molecule has 0 bridgehead atoms. The monoisotopic (exact) mass is 274 g/mol. The average molecular weight is 274 g/mol. The summed E-state index contributed by atoms with van der Waals surface area (Å²) in [5, 5.41) is 0. The van der Waals surface area contributed by atoms with Gasteiger partial charge in [0, 0.05) is 32.9 Å². The minimum Gasteiger partial charge on any atom is -0.345 e. The highest BCUT2D eigenvalue weighted by Crippen LogP contribution is 2.39. The lowest BCUT2D eigenvalue weighted by molar-refractivity contribution is -0.143. The first-order chi connectivity index (χ1) is 8.32. The van der Waals surface area contributed by atoms with Crippen LogP contribution in [0.3, 0.4) is 0 Å². The lowest BCUT2D eigenvalue weighted by atomic mass is 9.78. The minimum absolute atomic E-state index is 0.188. The number of likely N-dealkylation sites (tertiary alicyclic amines) is 2. The molecule has 0 saturated carbocycles. The maximum atomic E-state index is 12.3. The van der Waals surface area contributed by atoms with E-state index < -0.39 is 9.84 Å². The lowest BCUT2D eigenvalue weighted by Crippen LogP contribution is -2.48. The summed E-state index contributed by atoms with van der Waals surface area (Å²) in [5.41, 5.74) is -0.232. The Morgan fingerprint density at radius 2 is 2.00 bits per heavy atom. The van der Waals surface area contributed by atoms with Crippen molar-refractivity contribution >= 4 is 15.7 Å². The molecule has 2 fully saturated rings. The zero-order valence-electron chi connectivity index (χ0n) is 11.2. The molecule has 0 unspecified atom stereocenters. The Hall–Kier alpha value is -0.620. The van der Waals surface area contributed by atoms with Crippen LogP contribution in [0.15, 0.2) is 0 Å². The predicted molar refractivity (Wildman–Crippen MR) is 70.1 cm³/mol. The van der Waals surface area contributed by atoms with Gasteiger partial charge >= 0.3 is 0 Å². The Morgan fingerprint density at radius 3 is 2.67 bits per heavy atom.